The predicted octanol–water partition coefficient (Wildman–Crippen LogP) is 7.32. The summed E-state index contributed by atoms with van der Waals surface area (Å²) in [6, 6.07) is 46.2. The van der Waals surface area contributed by atoms with E-state index in [4.69, 9.17) is 0 Å². The van der Waals surface area contributed by atoms with Crippen molar-refractivity contribution in [1.29, 1.82) is 0 Å². The van der Waals surface area contributed by atoms with Crippen molar-refractivity contribution in [1.82, 2.24) is 4.98 Å². The van der Waals surface area contributed by atoms with Gasteiger partial charge in [-0.15, -0.1) is 0 Å². The molecule has 8 rings (SSSR count). The predicted molar refractivity (Wildman–Crippen MR) is 160 cm³/mol. The van der Waals surface area contributed by atoms with Crippen LogP contribution in [0.2, 0.25) is 0 Å². The molecule has 2 aliphatic heterocycles. The van der Waals surface area contributed by atoms with E-state index in [2.05, 4.69) is 131 Å². The first-order chi connectivity index (χ1) is 18.9. The molecular weight excluding hydrogens is 459 g/mol. The average molecular weight is 482 g/mol. The number of hydrogen-bond donors (Lipinski definition) is 0. The second kappa shape index (κ2) is 8.32. The molecule has 2 aliphatic rings. The number of pyridine rings is 1. The van der Waals surface area contributed by atoms with Gasteiger partial charge in [-0.3, -0.25) is 4.98 Å². The van der Waals surface area contributed by atoms with Gasteiger partial charge in [-0.1, -0.05) is 103 Å². The molecular formula is C35H23BN2. The summed E-state index contributed by atoms with van der Waals surface area (Å²) in [6.45, 7) is 0.138. The zero-order valence-electron chi connectivity index (χ0n) is 20.8. The Labute approximate surface area is 223 Å². The topological polar surface area (TPSA) is 16.1 Å². The molecule has 38 heavy (non-hydrogen) atoms. The van der Waals surface area contributed by atoms with Crippen molar-refractivity contribution in [3.8, 4) is 44.5 Å². The highest BCUT2D eigenvalue weighted by atomic mass is 15.1. The van der Waals surface area contributed by atoms with Crippen molar-refractivity contribution < 1.29 is 0 Å². The lowest BCUT2D eigenvalue weighted by Crippen LogP contribution is -2.59. The van der Waals surface area contributed by atoms with Crippen LogP contribution >= 0.6 is 0 Å². The number of nitrogens with zero attached hydrogens (tertiary/aromatic N) is 2. The van der Waals surface area contributed by atoms with Crippen LogP contribution < -0.4 is 15.7 Å². The van der Waals surface area contributed by atoms with Crippen LogP contribution in [0.25, 0.3) is 44.5 Å². The van der Waals surface area contributed by atoms with Gasteiger partial charge < -0.3 is 4.81 Å². The molecule has 176 valence electrons. The Bertz CT molecular complexity index is 1840. The Morgan fingerprint density at radius 2 is 1.00 bits per heavy atom. The SMILES string of the molecule is c1ccc(-c2cncc(-c3ccc4c(c3)-c3ccccc3B3c5ccccc5-c5ccccc5N34)c2)cc1. The standard InChI is InChI=1S/C35H23BN2/c1-2-10-24(11-3-1)26-20-27(23-37-22-26)25-18-19-35-31(21-25)29-13-5-8-16-33(29)36-32-15-7-4-12-28(32)30-14-6-9-17-34(30)38(35)36/h1-23H. The van der Waals surface area contributed by atoms with Crippen LogP contribution in [0.15, 0.2) is 140 Å². The molecule has 0 unspecified atom stereocenters. The molecule has 0 radical (unpaired) electrons. The van der Waals surface area contributed by atoms with E-state index in [0.29, 0.717) is 0 Å². The second-order valence-electron chi connectivity index (χ2n) is 10.0. The quantitative estimate of drug-likeness (QED) is 0.241. The number of benzene rings is 5. The Morgan fingerprint density at radius 1 is 0.421 bits per heavy atom. The van der Waals surface area contributed by atoms with E-state index >= 15 is 0 Å². The minimum Gasteiger partial charge on any atom is -0.376 e. The van der Waals surface area contributed by atoms with E-state index in [1.807, 2.05) is 18.5 Å². The highest BCUT2D eigenvalue weighted by Gasteiger charge is 2.41. The third-order valence-corrected chi connectivity index (χ3v) is 7.95. The molecule has 6 aromatic rings. The summed E-state index contributed by atoms with van der Waals surface area (Å²) in [5.41, 5.74) is 15.0. The Kier molecular flexibility index (Phi) is 4.65. The summed E-state index contributed by atoms with van der Waals surface area (Å²) >= 11 is 0. The molecule has 0 saturated carbocycles. The molecule has 0 saturated heterocycles. The molecule has 0 spiro atoms. The van der Waals surface area contributed by atoms with Crippen molar-refractivity contribution in [2.24, 2.45) is 0 Å². The Hall–Kier alpha value is -4.89. The number of anilines is 2. The van der Waals surface area contributed by atoms with Gasteiger partial charge in [0, 0.05) is 46.0 Å². The van der Waals surface area contributed by atoms with Gasteiger partial charge in [-0.2, -0.15) is 0 Å². The van der Waals surface area contributed by atoms with E-state index in [-0.39, 0.29) is 6.85 Å². The summed E-state index contributed by atoms with van der Waals surface area (Å²) in [5, 5.41) is 0. The molecule has 0 bridgehead atoms. The Morgan fingerprint density at radius 3 is 1.76 bits per heavy atom. The second-order valence-corrected chi connectivity index (χ2v) is 10.0. The summed E-state index contributed by atoms with van der Waals surface area (Å²) in [6.07, 6.45) is 3.91. The normalized spacial score (nSPS) is 12.6. The monoisotopic (exact) mass is 482 g/mol. The molecule has 0 atom stereocenters. The summed E-state index contributed by atoms with van der Waals surface area (Å²) in [4.78, 5) is 7.14. The van der Waals surface area contributed by atoms with Gasteiger partial charge in [0.1, 0.15) is 0 Å². The van der Waals surface area contributed by atoms with Crippen molar-refractivity contribution in [2.75, 3.05) is 4.81 Å². The van der Waals surface area contributed by atoms with E-state index in [1.165, 1.54) is 55.7 Å². The van der Waals surface area contributed by atoms with E-state index in [1.54, 1.807) is 0 Å². The zero-order valence-corrected chi connectivity index (χ0v) is 20.8. The molecule has 2 nitrogen and oxygen atoms in total. The smallest absolute Gasteiger partial charge is 0.329 e. The number of para-hydroxylation sites is 1. The first-order valence-electron chi connectivity index (χ1n) is 13.1. The number of fused-ring (bicyclic) bond motifs is 11. The first kappa shape index (κ1) is 21.2. The lowest BCUT2D eigenvalue weighted by Gasteiger charge is -2.43. The maximum atomic E-state index is 4.60. The fraction of sp³-hybridized carbons (Fsp3) is 0. The molecule has 3 heterocycles. The van der Waals surface area contributed by atoms with Gasteiger partial charge in [-0.05, 0) is 57.4 Å². The number of hydrogen-bond acceptors (Lipinski definition) is 2. The average Bonchev–Trinajstić information content (AvgIpc) is 3.01. The van der Waals surface area contributed by atoms with E-state index in [0.717, 1.165) is 11.1 Å². The summed E-state index contributed by atoms with van der Waals surface area (Å²) < 4.78 is 0. The van der Waals surface area contributed by atoms with E-state index in [9.17, 15) is 0 Å². The van der Waals surface area contributed by atoms with Crippen LogP contribution in [0.3, 0.4) is 0 Å². The van der Waals surface area contributed by atoms with Gasteiger partial charge in [0.05, 0.1) is 0 Å². The van der Waals surface area contributed by atoms with Crippen LogP contribution in [-0.4, -0.2) is 11.8 Å². The van der Waals surface area contributed by atoms with Crippen LogP contribution in [0.5, 0.6) is 0 Å². The van der Waals surface area contributed by atoms with Gasteiger partial charge in [-0.25, -0.2) is 0 Å². The van der Waals surface area contributed by atoms with Crippen LogP contribution in [0, 0.1) is 0 Å². The minimum absolute atomic E-state index is 0.138. The maximum absolute atomic E-state index is 4.60. The lowest BCUT2D eigenvalue weighted by atomic mass is 9.43. The fourth-order valence-electron chi connectivity index (χ4n) is 6.25. The lowest BCUT2D eigenvalue weighted by molar-refractivity contribution is 1.32. The largest absolute Gasteiger partial charge is 0.376 e. The van der Waals surface area contributed by atoms with Crippen LogP contribution in [-0.2, 0) is 0 Å². The third-order valence-electron chi connectivity index (χ3n) is 7.95. The molecule has 5 aromatic carbocycles. The highest BCUT2D eigenvalue weighted by molar-refractivity contribution is 6.92. The molecule has 0 N–H and O–H groups in total. The summed E-state index contributed by atoms with van der Waals surface area (Å²) in [7, 11) is 0. The molecule has 0 aliphatic carbocycles. The summed E-state index contributed by atoms with van der Waals surface area (Å²) in [5.74, 6) is 0. The van der Waals surface area contributed by atoms with Crippen LogP contribution in [0.1, 0.15) is 0 Å². The third kappa shape index (κ3) is 3.12. The van der Waals surface area contributed by atoms with Gasteiger partial charge in [0.25, 0.3) is 0 Å². The zero-order chi connectivity index (χ0) is 25.1. The maximum Gasteiger partial charge on any atom is 0.329 e. The minimum atomic E-state index is 0.138. The first-order valence-corrected chi connectivity index (χ1v) is 13.1. The van der Waals surface area contributed by atoms with Crippen molar-refractivity contribution >= 4 is 29.1 Å². The molecule has 0 amide bonds. The Balaban J connectivity index is 1.34. The van der Waals surface area contributed by atoms with Crippen molar-refractivity contribution in [3.63, 3.8) is 0 Å². The number of rotatable bonds is 2. The van der Waals surface area contributed by atoms with Gasteiger partial charge in [0.2, 0.25) is 0 Å². The highest BCUT2D eigenvalue weighted by Crippen LogP contribution is 2.46. The number of aromatic nitrogens is 1. The fourth-order valence-corrected chi connectivity index (χ4v) is 6.25. The van der Waals surface area contributed by atoms with Gasteiger partial charge in [0.15, 0.2) is 0 Å². The van der Waals surface area contributed by atoms with Gasteiger partial charge >= 0.3 is 6.85 Å². The van der Waals surface area contributed by atoms with E-state index < -0.39 is 0 Å². The van der Waals surface area contributed by atoms with Crippen LogP contribution in [0.4, 0.5) is 11.4 Å². The molecule has 1 aromatic heterocycles. The molecule has 3 heteroatoms. The van der Waals surface area contributed by atoms with Crippen molar-refractivity contribution in [2.45, 2.75) is 0 Å². The van der Waals surface area contributed by atoms with Crippen molar-refractivity contribution in [3.05, 3.63) is 140 Å². The molecule has 0 fully saturated rings.